The zero-order chi connectivity index (χ0) is 17.4. The Balaban J connectivity index is 3.15. The number of hydrogen-bond acceptors (Lipinski definition) is 8. The largest absolute Gasteiger partial charge is 0.448 e. The molecule has 0 aliphatic heterocycles. The molecule has 0 aromatic carbocycles. The number of hydrogen-bond donors (Lipinski definition) is 4. The molecule has 1 aromatic heterocycles. The van der Waals surface area contributed by atoms with E-state index in [-0.39, 0.29) is 26.2 Å². The van der Waals surface area contributed by atoms with Gasteiger partial charge in [-0.25, -0.2) is 32.9 Å². The Bertz CT molecular complexity index is 659. The third-order valence-electron chi connectivity index (χ3n) is 2.80. The maximum Gasteiger partial charge on any atom is 0.408 e. The third kappa shape index (κ3) is 4.51. The van der Waals surface area contributed by atoms with E-state index in [1.807, 2.05) is 5.32 Å². The molecule has 4 N–H and O–H groups in total. The van der Waals surface area contributed by atoms with Gasteiger partial charge in [0.15, 0.2) is 0 Å². The molecule has 0 fully saturated rings. The van der Waals surface area contributed by atoms with Crippen molar-refractivity contribution in [2.75, 3.05) is 26.6 Å². The Morgan fingerprint density at radius 3 is 1.70 bits per heavy atom. The van der Waals surface area contributed by atoms with Crippen LogP contribution in [0.3, 0.4) is 0 Å². The van der Waals surface area contributed by atoms with Crippen LogP contribution in [-0.2, 0) is 24.4 Å². The van der Waals surface area contributed by atoms with E-state index < -0.39 is 43.1 Å². The Hall–Kier alpha value is -2.44. The number of amides is 1. The summed E-state index contributed by atoms with van der Waals surface area (Å²) in [6.07, 6.45) is -0.945. The zero-order valence-corrected chi connectivity index (χ0v) is 12.2. The van der Waals surface area contributed by atoms with Crippen molar-refractivity contribution in [2.24, 2.45) is 0 Å². The predicted octanol–water partition coefficient (Wildman–Crippen LogP) is -4.17. The fourth-order valence-corrected chi connectivity index (χ4v) is 1.80. The monoisotopic (exact) mass is 334 g/mol. The highest BCUT2D eigenvalue weighted by molar-refractivity contribution is 5.66. The number of ether oxygens (including phenoxy) is 1. The number of rotatable bonds is 8. The highest BCUT2D eigenvalue weighted by atomic mass is 16.6. The number of carbonyl (C=O) groups excluding carboxylic acids is 1. The number of nitrogens with one attached hydrogen (secondary N) is 1. The molecule has 0 saturated carbocycles. The van der Waals surface area contributed by atoms with Crippen molar-refractivity contribution in [1.82, 2.24) is 19.0 Å². The molecule has 12 nitrogen and oxygen atoms in total. The van der Waals surface area contributed by atoms with Crippen molar-refractivity contribution in [3.63, 3.8) is 0 Å². The molecule has 0 atom stereocenters. The van der Waals surface area contributed by atoms with Crippen molar-refractivity contribution in [3.05, 3.63) is 31.5 Å². The molecule has 0 saturated heterocycles. The van der Waals surface area contributed by atoms with E-state index in [4.69, 9.17) is 15.3 Å². The molecule has 1 amide bonds. The third-order valence-corrected chi connectivity index (χ3v) is 2.80. The van der Waals surface area contributed by atoms with Crippen LogP contribution in [0, 0.1) is 0 Å². The first-order valence-electron chi connectivity index (χ1n) is 6.65. The molecule has 0 aliphatic rings. The summed E-state index contributed by atoms with van der Waals surface area (Å²) >= 11 is 0. The second-order valence-corrected chi connectivity index (χ2v) is 4.22. The second-order valence-electron chi connectivity index (χ2n) is 4.22. The van der Waals surface area contributed by atoms with Gasteiger partial charge in [-0.2, -0.15) is 0 Å². The lowest BCUT2D eigenvalue weighted by Crippen LogP contribution is -2.55. The van der Waals surface area contributed by atoms with E-state index in [1.165, 1.54) is 0 Å². The van der Waals surface area contributed by atoms with E-state index in [9.17, 15) is 19.2 Å². The fourth-order valence-electron chi connectivity index (χ4n) is 1.80. The van der Waals surface area contributed by atoms with Crippen LogP contribution in [0.25, 0.3) is 0 Å². The van der Waals surface area contributed by atoms with Crippen LogP contribution in [0.5, 0.6) is 0 Å². The average Bonchev–Trinajstić information content (AvgIpc) is 2.51. The molecule has 0 aliphatic carbocycles. The highest BCUT2D eigenvalue weighted by Crippen LogP contribution is 1.82. The van der Waals surface area contributed by atoms with Gasteiger partial charge in [-0.1, -0.05) is 0 Å². The van der Waals surface area contributed by atoms with E-state index in [0.29, 0.717) is 13.7 Å². The van der Waals surface area contributed by atoms with E-state index in [1.54, 1.807) is 0 Å². The first kappa shape index (κ1) is 18.6. The van der Waals surface area contributed by atoms with Crippen LogP contribution in [0.2, 0.25) is 0 Å². The molecular formula is C11H18N4O8. The Labute approximate surface area is 128 Å². The van der Waals surface area contributed by atoms with Gasteiger partial charge in [0, 0.05) is 0 Å². The minimum Gasteiger partial charge on any atom is -0.448 e. The number of nitrogens with zero attached hydrogens (tertiary/aromatic N) is 3. The van der Waals surface area contributed by atoms with Gasteiger partial charge in [0.2, 0.25) is 0 Å². The quantitative estimate of drug-likeness (QED) is 0.348. The van der Waals surface area contributed by atoms with Gasteiger partial charge in [0.1, 0.15) is 13.3 Å². The Morgan fingerprint density at radius 1 is 0.870 bits per heavy atom. The van der Waals surface area contributed by atoms with E-state index in [2.05, 4.69) is 4.74 Å². The first-order valence-corrected chi connectivity index (χ1v) is 6.65. The lowest BCUT2D eigenvalue weighted by Gasteiger charge is -2.13. The van der Waals surface area contributed by atoms with Gasteiger partial charge in [0.25, 0.3) is 0 Å². The molecule has 12 heteroatoms. The van der Waals surface area contributed by atoms with E-state index >= 15 is 0 Å². The van der Waals surface area contributed by atoms with Crippen LogP contribution in [-0.4, -0.2) is 61.7 Å². The molecule has 130 valence electrons. The average molecular weight is 334 g/mol. The van der Waals surface area contributed by atoms with Crippen LogP contribution >= 0.6 is 0 Å². The van der Waals surface area contributed by atoms with Crippen LogP contribution in [0.1, 0.15) is 0 Å². The van der Waals surface area contributed by atoms with Crippen LogP contribution in [0.4, 0.5) is 4.79 Å². The number of aromatic nitrogens is 3. The summed E-state index contributed by atoms with van der Waals surface area (Å²) in [4.78, 5) is 47.2. The summed E-state index contributed by atoms with van der Waals surface area (Å²) in [7, 11) is 0. The van der Waals surface area contributed by atoms with Gasteiger partial charge >= 0.3 is 23.2 Å². The van der Waals surface area contributed by atoms with Gasteiger partial charge in [-0.05, 0) is 0 Å². The molecule has 0 spiro atoms. The van der Waals surface area contributed by atoms with Crippen molar-refractivity contribution in [3.8, 4) is 0 Å². The molecule has 1 rings (SSSR count). The number of aliphatic hydroxyl groups excluding tert-OH is 3. The summed E-state index contributed by atoms with van der Waals surface area (Å²) in [5.74, 6) is 0. The fraction of sp³-hybridized carbons (Fsp3) is 0.636. The molecule has 0 radical (unpaired) electrons. The van der Waals surface area contributed by atoms with E-state index in [0.717, 1.165) is 0 Å². The van der Waals surface area contributed by atoms with Crippen molar-refractivity contribution < 1.29 is 24.9 Å². The summed E-state index contributed by atoms with van der Waals surface area (Å²) in [5.41, 5.74) is -2.87. The molecule has 0 unspecified atom stereocenters. The van der Waals surface area contributed by atoms with Crippen molar-refractivity contribution in [2.45, 2.75) is 19.6 Å². The van der Waals surface area contributed by atoms with Gasteiger partial charge in [0.05, 0.1) is 32.8 Å². The van der Waals surface area contributed by atoms with Gasteiger partial charge in [-0.15, -0.1) is 0 Å². The summed E-state index contributed by atoms with van der Waals surface area (Å²) in [6.45, 7) is -2.98. The predicted molar refractivity (Wildman–Crippen MR) is 75.0 cm³/mol. The molecule has 1 heterocycles. The SMILES string of the molecule is O=C(NCO)OCCn1c(=O)n(CCO)c(=O)n(CCO)c1=O. The van der Waals surface area contributed by atoms with Gasteiger partial charge in [-0.3, -0.25) is 5.32 Å². The molecular weight excluding hydrogens is 316 g/mol. The lowest BCUT2D eigenvalue weighted by atomic mass is 10.6. The van der Waals surface area contributed by atoms with Crippen molar-refractivity contribution >= 4 is 6.09 Å². The van der Waals surface area contributed by atoms with Crippen LogP contribution < -0.4 is 22.4 Å². The Kier molecular flexibility index (Phi) is 7.18. The minimum absolute atomic E-state index is 0.324. The topological polar surface area (TPSA) is 165 Å². The molecule has 23 heavy (non-hydrogen) atoms. The number of alkyl carbamates (subject to hydrolysis) is 1. The number of carbonyl (C=O) groups is 1. The molecule has 0 bridgehead atoms. The Morgan fingerprint density at radius 2 is 1.30 bits per heavy atom. The van der Waals surface area contributed by atoms with Gasteiger partial charge < -0.3 is 20.1 Å². The highest BCUT2D eigenvalue weighted by Gasteiger charge is 2.15. The summed E-state index contributed by atoms with van der Waals surface area (Å²) in [6, 6.07) is 0. The normalized spacial score (nSPS) is 10.6. The lowest BCUT2D eigenvalue weighted by molar-refractivity contribution is 0.128. The second kappa shape index (κ2) is 8.87. The maximum absolute atomic E-state index is 12.1. The summed E-state index contributed by atoms with van der Waals surface area (Å²) in [5, 5.41) is 28.2. The number of aliphatic hydroxyl groups is 3. The first-order chi connectivity index (χ1) is 11.0. The maximum atomic E-state index is 12.1. The standard InChI is InChI=1S/C11H18N4O8/c16-4-1-13-9(20)14(2-5-17)11(22)15(10(13)21)3-6-23-8(19)12-7-18/h16-18H,1-7H2,(H,12,19). The smallest absolute Gasteiger partial charge is 0.408 e. The molecule has 1 aromatic rings. The minimum atomic E-state index is -0.964. The zero-order valence-electron chi connectivity index (χ0n) is 12.2. The van der Waals surface area contributed by atoms with Crippen LogP contribution in [0.15, 0.2) is 14.4 Å². The van der Waals surface area contributed by atoms with Crippen molar-refractivity contribution in [1.29, 1.82) is 0 Å². The summed E-state index contributed by atoms with van der Waals surface area (Å²) < 4.78 is 6.56.